The number of aryl methyl sites for hydroxylation is 1. The number of hydrogen-bond acceptors (Lipinski definition) is 6. The number of nitrogens with zero attached hydrogens (tertiary/aromatic N) is 3. The molecular formula is C20H28ClN5O3. The molecule has 2 fully saturated rings. The lowest BCUT2D eigenvalue weighted by molar-refractivity contribution is -0.134. The third kappa shape index (κ3) is 4.24. The van der Waals surface area contributed by atoms with Crippen LogP contribution in [0.2, 0.25) is 0 Å². The molecule has 2 aromatic rings. The molecule has 1 atom stereocenters. The standard InChI is InChI=1S/C20H27N5O3.ClH/c1-24-17-12-14(25(10-11-26)13-6-8-21-9-7-13)2-3-15(17)19(23-24)16-4-5-18(27)22-20(16)28;/h2-3,12-13,16,21,26H,4-11H2,1H3,(H,22,27,28);1H. The van der Waals surface area contributed by atoms with E-state index in [1.54, 1.807) is 4.68 Å². The average molecular weight is 422 g/mol. The highest BCUT2D eigenvalue weighted by Crippen LogP contribution is 2.33. The molecule has 0 radical (unpaired) electrons. The molecule has 2 aliphatic rings. The van der Waals surface area contributed by atoms with E-state index in [2.05, 4.69) is 32.8 Å². The van der Waals surface area contributed by atoms with Gasteiger partial charge < -0.3 is 15.3 Å². The molecule has 0 bridgehead atoms. The zero-order valence-electron chi connectivity index (χ0n) is 16.6. The minimum absolute atomic E-state index is 0. The van der Waals surface area contributed by atoms with E-state index in [0.717, 1.165) is 48.2 Å². The van der Waals surface area contributed by atoms with E-state index in [4.69, 9.17) is 0 Å². The Morgan fingerprint density at radius 3 is 2.69 bits per heavy atom. The van der Waals surface area contributed by atoms with Gasteiger partial charge in [0.15, 0.2) is 0 Å². The number of rotatable bonds is 5. The van der Waals surface area contributed by atoms with Gasteiger partial charge in [-0.15, -0.1) is 12.4 Å². The number of halogens is 1. The molecule has 3 N–H and O–H groups in total. The van der Waals surface area contributed by atoms with Crippen LogP contribution in [0.25, 0.3) is 10.9 Å². The zero-order chi connectivity index (χ0) is 19.7. The Morgan fingerprint density at radius 2 is 2.00 bits per heavy atom. The van der Waals surface area contributed by atoms with Crippen molar-refractivity contribution >= 4 is 40.8 Å². The monoisotopic (exact) mass is 421 g/mol. The van der Waals surface area contributed by atoms with Gasteiger partial charge in [-0.2, -0.15) is 5.10 Å². The Balaban J connectivity index is 0.00000240. The molecule has 0 spiro atoms. The van der Waals surface area contributed by atoms with E-state index in [1.165, 1.54) is 0 Å². The number of piperidine rings is 2. The second-order valence-electron chi connectivity index (χ2n) is 7.61. The largest absolute Gasteiger partial charge is 0.395 e. The number of nitrogens with one attached hydrogen (secondary N) is 2. The van der Waals surface area contributed by atoms with Crippen molar-refractivity contribution in [1.29, 1.82) is 0 Å². The van der Waals surface area contributed by atoms with Crippen molar-refractivity contribution in [3.05, 3.63) is 23.9 Å². The molecule has 0 saturated carbocycles. The summed E-state index contributed by atoms with van der Waals surface area (Å²) in [5.74, 6) is -0.882. The second-order valence-corrected chi connectivity index (χ2v) is 7.61. The van der Waals surface area contributed by atoms with Gasteiger partial charge in [0, 0.05) is 37.1 Å². The third-order valence-corrected chi connectivity index (χ3v) is 5.85. The van der Waals surface area contributed by atoms with Crippen LogP contribution in [-0.4, -0.2) is 59.0 Å². The molecule has 2 amide bonds. The van der Waals surface area contributed by atoms with Gasteiger partial charge in [-0.1, -0.05) is 0 Å². The lowest BCUT2D eigenvalue weighted by Gasteiger charge is -2.36. The molecule has 158 valence electrons. The van der Waals surface area contributed by atoms with Crippen molar-refractivity contribution in [2.45, 2.75) is 37.6 Å². The van der Waals surface area contributed by atoms with Crippen LogP contribution in [0.4, 0.5) is 5.69 Å². The molecule has 2 saturated heterocycles. The predicted molar refractivity (Wildman–Crippen MR) is 113 cm³/mol. The van der Waals surface area contributed by atoms with Gasteiger partial charge in [0.2, 0.25) is 11.8 Å². The van der Waals surface area contributed by atoms with Crippen LogP contribution in [0.3, 0.4) is 0 Å². The van der Waals surface area contributed by atoms with Gasteiger partial charge in [-0.05, 0) is 50.6 Å². The van der Waals surface area contributed by atoms with Gasteiger partial charge in [0.05, 0.1) is 23.7 Å². The first-order valence-electron chi connectivity index (χ1n) is 9.97. The summed E-state index contributed by atoms with van der Waals surface area (Å²) < 4.78 is 1.80. The summed E-state index contributed by atoms with van der Waals surface area (Å²) in [6.45, 7) is 2.67. The van der Waals surface area contributed by atoms with Gasteiger partial charge in [0.1, 0.15) is 0 Å². The first-order chi connectivity index (χ1) is 13.6. The highest BCUT2D eigenvalue weighted by molar-refractivity contribution is 6.02. The number of aliphatic hydroxyl groups is 1. The quantitative estimate of drug-likeness (QED) is 0.624. The smallest absolute Gasteiger partial charge is 0.235 e. The Hall–Kier alpha value is -2.16. The maximum Gasteiger partial charge on any atom is 0.235 e. The van der Waals surface area contributed by atoms with E-state index in [1.807, 2.05) is 13.1 Å². The number of carbonyl (C=O) groups is 2. The van der Waals surface area contributed by atoms with Crippen molar-refractivity contribution in [1.82, 2.24) is 20.4 Å². The van der Waals surface area contributed by atoms with Crippen LogP contribution < -0.4 is 15.5 Å². The number of fused-ring (bicyclic) bond motifs is 1. The molecular weight excluding hydrogens is 394 g/mol. The van der Waals surface area contributed by atoms with Crippen LogP contribution in [0.1, 0.15) is 37.3 Å². The van der Waals surface area contributed by atoms with Gasteiger partial charge >= 0.3 is 0 Å². The Morgan fingerprint density at radius 1 is 1.24 bits per heavy atom. The van der Waals surface area contributed by atoms with Gasteiger partial charge in [-0.25, -0.2) is 0 Å². The molecule has 1 aromatic carbocycles. The molecule has 1 unspecified atom stereocenters. The minimum Gasteiger partial charge on any atom is -0.395 e. The molecule has 9 heteroatoms. The van der Waals surface area contributed by atoms with Crippen molar-refractivity contribution in [2.75, 3.05) is 31.1 Å². The van der Waals surface area contributed by atoms with E-state index in [0.29, 0.717) is 25.4 Å². The maximum atomic E-state index is 12.3. The van der Waals surface area contributed by atoms with Gasteiger partial charge in [-0.3, -0.25) is 19.6 Å². The number of aliphatic hydroxyl groups excluding tert-OH is 1. The summed E-state index contributed by atoms with van der Waals surface area (Å²) in [5.41, 5.74) is 2.74. The Labute approximate surface area is 176 Å². The van der Waals surface area contributed by atoms with E-state index >= 15 is 0 Å². The minimum atomic E-state index is -0.398. The van der Waals surface area contributed by atoms with E-state index in [9.17, 15) is 14.7 Å². The summed E-state index contributed by atoms with van der Waals surface area (Å²) in [5, 5.41) is 20.9. The van der Waals surface area contributed by atoms with Crippen LogP contribution in [0.15, 0.2) is 18.2 Å². The fourth-order valence-corrected chi connectivity index (χ4v) is 4.41. The summed E-state index contributed by atoms with van der Waals surface area (Å²) in [6.07, 6.45) is 2.92. The van der Waals surface area contributed by atoms with Crippen LogP contribution in [0, 0.1) is 0 Å². The number of benzene rings is 1. The van der Waals surface area contributed by atoms with E-state index < -0.39 is 5.92 Å². The maximum absolute atomic E-state index is 12.3. The van der Waals surface area contributed by atoms with Crippen molar-refractivity contribution in [2.24, 2.45) is 7.05 Å². The Kier molecular flexibility index (Phi) is 6.77. The zero-order valence-corrected chi connectivity index (χ0v) is 17.4. The van der Waals surface area contributed by atoms with Crippen molar-refractivity contribution in [3.8, 4) is 0 Å². The molecule has 3 heterocycles. The molecule has 0 aliphatic carbocycles. The number of anilines is 1. The summed E-state index contributed by atoms with van der Waals surface area (Å²) >= 11 is 0. The highest BCUT2D eigenvalue weighted by atomic mass is 35.5. The molecule has 2 aliphatic heterocycles. The first-order valence-corrected chi connectivity index (χ1v) is 9.97. The fourth-order valence-electron chi connectivity index (χ4n) is 4.41. The average Bonchev–Trinajstić information content (AvgIpc) is 3.02. The normalized spacial score (nSPS) is 20.4. The number of carbonyl (C=O) groups excluding carboxylic acids is 2. The van der Waals surface area contributed by atoms with Gasteiger partial charge in [0.25, 0.3) is 0 Å². The predicted octanol–water partition coefficient (Wildman–Crippen LogP) is 1.07. The molecule has 8 nitrogen and oxygen atoms in total. The third-order valence-electron chi connectivity index (χ3n) is 5.85. The lowest BCUT2D eigenvalue weighted by atomic mass is 9.92. The lowest BCUT2D eigenvalue weighted by Crippen LogP contribution is -2.44. The van der Waals surface area contributed by atoms with Crippen LogP contribution in [-0.2, 0) is 16.6 Å². The molecule has 4 rings (SSSR count). The van der Waals surface area contributed by atoms with Crippen LogP contribution in [0.5, 0.6) is 0 Å². The summed E-state index contributed by atoms with van der Waals surface area (Å²) in [4.78, 5) is 26.0. The summed E-state index contributed by atoms with van der Waals surface area (Å²) in [6, 6.07) is 6.56. The fraction of sp³-hybridized carbons (Fsp3) is 0.550. The second kappa shape index (κ2) is 9.11. The molecule has 29 heavy (non-hydrogen) atoms. The summed E-state index contributed by atoms with van der Waals surface area (Å²) in [7, 11) is 1.88. The topological polar surface area (TPSA) is 99.5 Å². The highest BCUT2D eigenvalue weighted by Gasteiger charge is 2.32. The number of aromatic nitrogens is 2. The molecule has 1 aromatic heterocycles. The van der Waals surface area contributed by atoms with Crippen molar-refractivity contribution in [3.63, 3.8) is 0 Å². The number of imide groups is 1. The number of amides is 2. The first kappa shape index (κ1) is 21.5. The van der Waals surface area contributed by atoms with Crippen molar-refractivity contribution < 1.29 is 14.7 Å². The SMILES string of the molecule is Cl.Cn1nc(C2CCC(=O)NC2=O)c2ccc(N(CCO)C3CCNCC3)cc21. The van der Waals surface area contributed by atoms with Crippen LogP contribution >= 0.6 is 12.4 Å². The number of hydrogen-bond donors (Lipinski definition) is 3. The Bertz CT molecular complexity index is 894. The van der Waals surface area contributed by atoms with E-state index in [-0.39, 0.29) is 30.8 Å².